The Balaban J connectivity index is 1.71. The predicted molar refractivity (Wildman–Crippen MR) is 102 cm³/mol. The number of carbonyl (C=O) groups excluding carboxylic acids is 1. The van der Waals surface area contributed by atoms with Gasteiger partial charge in [0.1, 0.15) is 28.8 Å². The van der Waals surface area contributed by atoms with E-state index in [0.717, 1.165) is 12.1 Å². The Morgan fingerprint density at radius 1 is 1.04 bits per heavy atom. The zero-order valence-corrected chi connectivity index (χ0v) is 15.3. The van der Waals surface area contributed by atoms with Crippen LogP contribution in [-0.4, -0.2) is 22.5 Å². The Labute approximate surface area is 160 Å². The van der Waals surface area contributed by atoms with Crippen LogP contribution in [0.1, 0.15) is 23.1 Å². The van der Waals surface area contributed by atoms with Crippen molar-refractivity contribution in [2.24, 2.45) is 0 Å². The third kappa shape index (κ3) is 4.59. The molecule has 1 heterocycles. The standard InChI is InChI=1S/C20H18F2N4O2/c1-3-28-18-11-17(23-12(2)24-18)25-13-7-9-14(10-8-13)26-20(27)19-15(21)5-4-6-16(19)22/h4-11H,3H2,1-2H3,(H,26,27)(H,23,24,25). The van der Waals surface area contributed by atoms with E-state index in [4.69, 9.17) is 4.74 Å². The minimum absolute atomic E-state index is 0.395. The van der Waals surface area contributed by atoms with E-state index in [2.05, 4.69) is 20.6 Å². The largest absolute Gasteiger partial charge is 0.478 e. The summed E-state index contributed by atoms with van der Waals surface area (Å²) in [5.41, 5.74) is 0.479. The first-order valence-corrected chi connectivity index (χ1v) is 8.57. The highest BCUT2D eigenvalue weighted by molar-refractivity contribution is 6.04. The number of aryl methyl sites for hydroxylation is 1. The van der Waals surface area contributed by atoms with E-state index in [0.29, 0.717) is 35.5 Å². The highest BCUT2D eigenvalue weighted by Crippen LogP contribution is 2.21. The number of benzene rings is 2. The van der Waals surface area contributed by atoms with Crippen LogP contribution in [-0.2, 0) is 0 Å². The summed E-state index contributed by atoms with van der Waals surface area (Å²) < 4.78 is 32.8. The Morgan fingerprint density at radius 2 is 1.68 bits per heavy atom. The van der Waals surface area contributed by atoms with Gasteiger partial charge in [-0.3, -0.25) is 4.79 Å². The molecular formula is C20H18F2N4O2. The summed E-state index contributed by atoms with van der Waals surface area (Å²) in [7, 11) is 0. The van der Waals surface area contributed by atoms with Gasteiger partial charge in [-0.15, -0.1) is 0 Å². The SMILES string of the molecule is CCOc1cc(Nc2ccc(NC(=O)c3c(F)cccc3F)cc2)nc(C)n1. The third-order valence-corrected chi connectivity index (χ3v) is 3.71. The lowest BCUT2D eigenvalue weighted by Gasteiger charge is -2.10. The molecule has 0 atom stereocenters. The number of rotatable bonds is 6. The van der Waals surface area contributed by atoms with Crippen LogP contribution in [0, 0.1) is 18.6 Å². The summed E-state index contributed by atoms with van der Waals surface area (Å²) in [6.07, 6.45) is 0. The number of halogens is 2. The van der Waals surface area contributed by atoms with Crippen molar-refractivity contribution in [3.05, 3.63) is 71.6 Å². The normalized spacial score (nSPS) is 10.4. The van der Waals surface area contributed by atoms with E-state index in [1.54, 1.807) is 37.3 Å². The Bertz CT molecular complexity index is 974. The number of amides is 1. The molecule has 0 unspecified atom stereocenters. The third-order valence-electron chi connectivity index (χ3n) is 3.71. The topological polar surface area (TPSA) is 76.1 Å². The van der Waals surface area contributed by atoms with Crippen molar-refractivity contribution in [1.82, 2.24) is 9.97 Å². The van der Waals surface area contributed by atoms with Crippen molar-refractivity contribution in [1.29, 1.82) is 0 Å². The second-order valence-electron chi connectivity index (χ2n) is 5.82. The molecule has 0 aliphatic rings. The summed E-state index contributed by atoms with van der Waals surface area (Å²) in [6, 6.07) is 11.6. The Kier molecular flexibility index (Phi) is 5.78. The number of nitrogens with zero attached hydrogens (tertiary/aromatic N) is 2. The molecule has 6 nitrogen and oxygen atoms in total. The predicted octanol–water partition coefficient (Wildman–Crippen LogP) is 4.46. The molecule has 0 saturated carbocycles. The smallest absolute Gasteiger partial charge is 0.261 e. The first-order valence-electron chi connectivity index (χ1n) is 8.57. The molecule has 0 aliphatic carbocycles. The summed E-state index contributed by atoms with van der Waals surface area (Å²) in [4.78, 5) is 20.6. The highest BCUT2D eigenvalue weighted by Gasteiger charge is 2.17. The number of aromatic nitrogens is 2. The van der Waals surface area contributed by atoms with Crippen molar-refractivity contribution >= 4 is 23.1 Å². The van der Waals surface area contributed by atoms with Crippen molar-refractivity contribution in [2.45, 2.75) is 13.8 Å². The van der Waals surface area contributed by atoms with E-state index in [1.165, 1.54) is 6.07 Å². The Hall–Kier alpha value is -3.55. The molecule has 8 heteroatoms. The van der Waals surface area contributed by atoms with Crippen LogP contribution in [0.5, 0.6) is 5.88 Å². The summed E-state index contributed by atoms with van der Waals surface area (Å²) >= 11 is 0. The molecule has 1 aromatic heterocycles. The van der Waals surface area contributed by atoms with Crippen LogP contribution in [0.25, 0.3) is 0 Å². The van der Waals surface area contributed by atoms with E-state index < -0.39 is 23.1 Å². The van der Waals surface area contributed by atoms with Gasteiger partial charge in [-0.1, -0.05) is 6.07 Å². The van der Waals surface area contributed by atoms with E-state index in [1.807, 2.05) is 6.92 Å². The number of hydrogen-bond acceptors (Lipinski definition) is 5. The molecule has 3 rings (SSSR count). The van der Waals surface area contributed by atoms with Crippen molar-refractivity contribution in [3.8, 4) is 5.88 Å². The first kappa shape index (κ1) is 19.2. The van der Waals surface area contributed by atoms with Gasteiger partial charge in [-0.05, 0) is 50.2 Å². The first-order chi connectivity index (χ1) is 13.5. The number of hydrogen-bond donors (Lipinski definition) is 2. The molecule has 0 bridgehead atoms. The van der Waals surface area contributed by atoms with E-state index >= 15 is 0 Å². The van der Waals surface area contributed by atoms with Crippen LogP contribution < -0.4 is 15.4 Å². The molecule has 2 aromatic carbocycles. The van der Waals surface area contributed by atoms with Crippen LogP contribution in [0.2, 0.25) is 0 Å². The number of anilines is 3. The summed E-state index contributed by atoms with van der Waals surface area (Å²) in [6.45, 7) is 4.12. The molecule has 0 radical (unpaired) electrons. The molecule has 28 heavy (non-hydrogen) atoms. The average molecular weight is 384 g/mol. The number of ether oxygens (including phenoxy) is 1. The lowest BCUT2D eigenvalue weighted by atomic mass is 10.1. The number of nitrogens with one attached hydrogen (secondary N) is 2. The Morgan fingerprint density at radius 3 is 2.32 bits per heavy atom. The second kappa shape index (κ2) is 8.43. The molecule has 3 aromatic rings. The average Bonchev–Trinajstić information content (AvgIpc) is 2.63. The van der Waals surface area contributed by atoms with Gasteiger partial charge in [0.15, 0.2) is 0 Å². The fourth-order valence-corrected chi connectivity index (χ4v) is 2.52. The van der Waals surface area contributed by atoms with Gasteiger partial charge in [0.05, 0.1) is 6.61 Å². The van der Waals surface area contributed by atoms with Crippen LogP contribution in [0.3, 0.4) is 0 Å². The van der Waals surface area contributed by atoms with Gasteiger partial charge in [-0.25, -0.2) is 13.8 Å². The zero-order valence-electron chi connectivity index (χ0n) is 15.3. The summed E-state index contributed by atoms with van der Waals surface area (Å²) in [5.74, 6) is -1.11. The maximum absolute atomic E-state index is 13.7. The molecule has 0 saturated heterocycles. The molecule has 0 aliphatic heterocycles. The van der Waals surface area contributed by atoms with Crippen molar-refractivity contribution in [3.63, 3.8) is 0 Å². The van der Waals surface area contributed by atoms with E-state index in [-0.39, 0.29) is 0 Å². The lowest BCUT2D eigenvalue weighted by Crippen LogP contribution is -2.15. The van der Waals surface area contributed by atoms with Gasteiger partial charge in [-0.2, -0.15) is 4.98 Å². The summed E-state index contributed by atoms with van der Waals surface area (Å²) in [5, 5.41) is 5.58. The quantitative estimate of drug-likeness (QED) is 0.656. The minimum Gasteiger partial charge on any atom is -0.478 e. The van der Waals surface area contributed by atoms with Crippen LogP contribution >= 0.6 is 0 Å². The van der Waals surface area contributed by atoms with Gasteiger partial charge in [0.2, 0.25) is 5.88 Å². The molecule has 144 valence electrons. The number of carbonyl (C=O) groups is 1. The second-order valence-corrected chi connectivity index (χ2v) is 5.82. The van der Waals surface area contributed by atoms with Crippen molar-refractivity contribution < 1.29 is 18.3 Å². The fourth-order valence-electron chi connectivity index (χ4n) is 2.52. The van der Waals surface area contributed by atoms with Crippen LogP contribution in [0.15, 0.2) is 48.5 Å². The zero-order chi connectivity index (χ0) is 20.1. The maximum atomic E-state index is 13.7. The van der Waals surface area contributed by atoms with Crippen LogP contribution in [0.4, 0.5) is 26.0 Å². The molecular weight excluding hydrogens is 366 g/mol. The monoisotopic (exact) mass is 384 g/mol. The fraction of sp³-hybridized carbons (Fsp3) is 0.150. The maximum Gasteiger partial charge on any atom is 0.261 e. The molecule has 2 N–H and O–H groups in total. The van der Waals surface area contributed by atoms with Gasteiger partial charge in [0, 0.05) is 17.4 Å². The van der Waals surface area contributed by atoms with Gasteiger partial charge < -0.3 is 15.4 Å². The van der Waals surface area contributed by atoms with Gasteiger partial charge in [0.25, 0.3) is 5.91 Å². The minimum atomic E-state index is -0.917. The van der Waals surface area contributed by atoms with Gasteiger partial charge >= 0.3 is 0 Å². The molecule has 0 spiro atoms. The van der Waals surface area contributed by atoms with E-state index in [9.17, 15) is 13.6 Å². The highest BCUT2D eigenvalue weighted by atomic mass is 19.1. The van der Waals surface area contributed by atoms with Crippen molar-refractivity contribution in [2.75, 3.05) is 17.2 Å². The molecule has 0 fully saturated rings. The molecule has 1 amide bonds. The lowest BCUT2D eigenvalue weighted by molar-refractivity contribution is 0.101.